The quantitative estimate of drug-likeness (QED) is 0.708. The summed E-state index contributed by atoms with van der Waals surface area (Å²) in [6, 6.07) is 16.1. The van der Waals surface area contributed by atoms with Crippen LogP contribution in [0.15, 0.2) is 48.5 Å². The average molecular weight is 396 g/mol. The molecule has 2 rings (SSSR count). The molecule has 3 nitrogen and oxygen atoms in total. The topological polar surface area (TPSA) is 41.5 Å². The number of halogens is 1. The molecular formula is C18H23AsClNO2. The first kappa shape index (κ1) is 18.3. The van der Waals surface area contributed by atoms with Crippen molar-refractivity contribution in [2.24, 2.45) is 0 Å². The molecule has 0 aromatic heterocycles. The molecule has 0 saturated carbocycles. The van der Waals surface area contributed by atoms with Crippen LogP contribution in [-0.4, -0.2) is 46.6 Å². The van der Waals surface area contributed by atoms with E-state index in [0.29, 0.717) is 6.54 Å². The second-order valence-electron chi connectivity index (χ2n) is 5.43. The van der Waals surface area contributed by atoms with Gasteiger partial charge >= 0.3 is 148 Å². The minimum absolute atomic E-state index is 0.127. The van der Waals surface area contributed by atoms with Crippen LogP contribution >= 0.6 is 11.6 Å². The van der Waals surface area contributed by atoms with Crippen LogP contribution in [0.4, 0.5) is 0 Å². The predicted molar refractivity (Wildman–Crippen MR) is 98.4 cm³/mol. The minimum atomic E-state index is -1.51. The molecule has 2 aromatic rings. The van der Waals surface area contributed by atoms with Crippen molar-refractivity contribution < 1.29 is 9.84 Å². The first-order chi connectivity index (χ1) is 11.1. The van der Waals surface area contributed by atoms with Crippen LogP contribution in [0.3, 0.4) is 0 Å². The molecule has 2 N–H and O–H groups in total. The number of hydrogen-bond acceptors (Lipinski definition) is 3. The molecule has 0 aliphatic heterocycles. The monoisotopic (exact) mass is 395 g/mol. The van der Waals surface area contributed by atoms with Crippen molar-refractivity contribution in [3.05, 3.63) is 59.1 Å². The van der Waals surface area contributed by atoms with E-state index in [2.05, 4.69) is 35.3 Å². The third-order valence-corrected chi connectivity index (χ3v) is 9.57. The van der Waals surface area contributed by atoms with Crippen molar-refractivity contribution in [3.8, 4) is 5.75 Å². The van der Waals surface area contributed by atoms with E-state index >= 15 is 0 Å². The van der Waals surface area contributed by atoms with Crippen LogP contribution in [0, 0.1) is 0 Å². The summed E-state index contributed by atoms with van der Waals surface area (Å²) in [6.45, 7) is 0.573. The van der Waals surface area contributed by atoms with Crippen molar-refractivity contribution in [1.82, 2.24) is 5.32 Å². The Labute approximate surface area is 147 Å². The normalized spacial score (nSPS) is 15.0. The molecule has 0 heterocycles. The molecule has 0 saturated heterocycles. The molecule has 0 radical (unpaired) electrons. The van der Waals surface area contributed by atoms with E-state index < -0.39 is 20.8 Å². The van der Waals surface area contributed by atoms with E-state index in [9.17, 15) is 5.11 Å². The molecular weight excluding hydrogens is 373 g/mol. The van der Waals surface area contributed by atoms with Crippen LogP contribution < -0.4 is 14.4 Å². The number of aliphatic hydroxyl groups excluding tert-OH is 1. The Morgan fingerprint density at radius 1 is 1.13 bits per heavy atom. The molecule has 2 aromatic carbocycles. The van der Waals surface area contributed by atoms with E-state index in [1.165, 1.54) is 4.35 Å². The first-order valence-corrected chi connectivity index (χ1v) is 11.8. The Balaban J connectivity index is 2.33. The Kier molecular flexibility index (Phi) is 6.98. The maximum atomic E-state index is 10.7. The van der Waals surface area contributed by atoms with Gasteiger partial charge in [-0.25, -0.2) is 0 Å². The fourth-order valence-corrected chi connectivity index (χ4v) is 7.37. The van der Waals surface area contributed by atoms with Gasteiger partial charge in [0, 0.05) is 0 Å². The fraction of sp³-hybridized carbons (Fsp3) is 0.333. The summed E-state index contributed by atoms with van der Waals surface area (Å²) in [5.74, 6) is 0.831. The second-order valence-corrected chi connectivity index (χ2v) is 10.7. The third kappa shape index (κ3) is 4.74. The third-order valence-electron chi connectivity index (χ3n) is 3.89. The number of hydrogen-bond donors (Lipinski definition) is 2. The molecule has 124 valence electrons. The van der Waals surface area contributed by atoms with Crippen LogP contribution in [-0.2, 0) is 0 Å². The number of likely N-dealkylation sites (N-methyl/N-ethyl adjacent to an activating group) is 1. The van der Waals surface area contributed by atoms with E-state index in [4.69, 9.17) is 16.3 Å². The Bertz CT molecular complexity index is 603. The molecule has 0 fully saturated rings. The maximum absolute atomic E-state index is 10.7. The Morgan fingerprint density at radius 3 is 2.26 bits per heavy atom. The van der Waals surface area contributed by atoms with E-state index in [-0.39, 0.29) is 4.71 Å². The zero-order chi connectivity index (χ0) is 16.8. The zero-order valence-corrected chi connectivity index (χ0v) is 16.3. The molecule has 23 heavy (non-hydrogen) atoms. The van der Waals surface area contributed by atoms with Crippen LogP contribution in [0.5, 0.6) is 5.75 Å². The first-order valence-electron chi connectivity index (χ1n) is 7.52. The van der Waals surface area contributed by atoms with Gasteiger partial charge in [-0.1, -0.05) is 0 Å². The van der Waals surface area contributed by atoms with Crippen LogP contribution in [0.1, 0.15) is 10.3 Å². The second kappa shape index (κ2) is 8.75. The van der Waals surface area contributed by atoms with Gasteiger partial charge in [0.25, 0.3) is 0 Å². The van der Waals surface area contributed by atoms with Gasteiger partial charge in [0.2, 0.25) is 0 Å². The number of nitrogens with one attached hydrogen (secondary N) is 1. The van der Waals surface area contributed by atoms with Gasteiger partial charge in [-0.2, -0.15) is 0 Å². The average Bonchev–Trinajstić information content (AvgIpc) is 2.56. The van der Waals surface area contributed by atoms with Crippen LogP contribution in [0.2, 0.25) is 10.7 Å². The summed E-state index contributed by atoms with van der Waals surface area (Å²) in [4.78, 5) is 0. The van der Waals surface area contributed by atoms with E-state index in [0.717, 1.165) is 16.3 Å². The van der Waals surface area contributed by atoms with Gasteiger partial charge < -0.3 is 0 Å². The molecule has 0 bridgehead atoms. The molecule has 0 spiro atoms. The molecule has 5 heteroatoms. The van der Waals surface area contributed by atoms with Gasteiger partial charge in [0.15, 0.2) is 0 Å². The van der Waals surface area contributed by atoms with Crippen molar-refractivity contribution in [2.75, 3.05) is 20.7 Å². The number of aliphatic hydroxyl groups is 1. The van der Waals surface area contributed by atoms with Gasteiger partial charge in [-0.3, -0.25) is 0 Å². The SMILES string of the molecule is CNCC(O)C(c1ccc(OC)cc1)[As](C)c1ccc(Cl)cc1. The van der Waals surface area contributed by atoms with Crippen LogP contribution in [0.25, 0.3) is 0 Å². The summed E-state index contributed by atoms with van der Waals surface area (Å²) >= 11 is 4.50. The fourth-order valence-electron chi connectivity index (χ4n) is 2.66. The summed E-state index contributed by atoms with van der Waals surface area (Å²) in [6.07, 6.45) is -0.422. The van der Waals surface area contributed by atoms with Gasteiger partial charge in [0.05, 0.1) is 0 Å². The standard InChI is InChI=1S/C18H23AsClNO2/c1-19(14-6-8-15(20)9-7-14)18(17(22)12-21-2)13-4-10-16(23-3)11-5-13/h4-11,17-18,21-22H,12H2,1-3H3. The summed E-state index contributed by atoms with van der Waals surface area (Å²) in [7, 11) is 3.53. The van der Waals surface area contributed by atoms with Crippen molar-refractivity contribution in [2.45, 2.75) is 16.5 Å². The van der Waals surface area contributed by atoms with E-state index in [1.54, 1.807) is 7.11 Å². The zero-order valence-electron chi connectivity index (χ0n) is 13.7. The van der Waals surface area contributed by atoms with Crippen molar-refractivity contribution >= 4 is 30.6 Å². The Morgan fingerprint density at radius 2 is 1.74 bits per heavy atom. The molecule has 0 aliphatic rings. The predicted octanol–water partition coefficient (Wildman–Crippen LogP) is 2.58. The van der Waals surface area contributed by atoms with Crippen molar-refractivity contribution in [3.63, 3.8) is 0 Å². The van der Waals surface area contributed by atoms with Gasteiger partial charge in [0.1, 0.15) is 0 Å². The number of ether oxygens (including phenoxy) is 1. The van der Waals surface area contributed by atoms with E-state index in [1.807, 2.05) is 31.3 Å². The summed E-state index contributed by atoms with van der Waals surface area (Å²) < 4.78 is 6.67. The molecule has 0 aliphatic carbocycles. The summed E-state index contributed by atoms with van der Waals surface area (Å²) in [5, 5.41) is 14.5. The summed E-state index contributed by atoms with van der Waals surface area (Å²) in [5.41, 5.74) is 3.44. The molecule has 3 atom stereocenters. The van der Waals surface area contributed by atoms with Crippen molar-refractivity contribution in [1.29, 1.82) is 0 Å². The number of benzene rings is 2. The molecule has 0 amide bonds. The Hall–Kier alpha value is -0.992. The van der Waals surface area contributed by atoms with Gasteiger partial charge in [-0.05, 0) is 0 Å². The van der Waals surface area contributed by atoms with Gasteiger partial charge in [-0.15, -0.1) is 0 Å². The number of methoxy groups -OCH3 is 1. The number of rotatable bonds is 7. The molecule has 3 unspecified atom stereocenters.